The molecule has 1 aliphatic heterocycles. The van der Waals surface area contributed by atoms with E-state index in [0.29, 0.717) is 12.2 Å². The minimum atomic E-state index is -1.26. The van der Waals surface area contributed by atoms with E-state index in [9.17, 15) is 9.59 Å². The third kappa shape index (κ3) is 9.03. The van der Waals surface area contributed by atoms with E-state index >= 15 is 0 Å². The number of nitrogens with zero attached hydrogens (tertiary/aromatic N) is 3. The highest BCUT2D eigenvalue weighted by atomic mass is 16.5. The van der Waals surface area contributed by atoms with Crippen LogP contribution in [0.3, 0.4) is 0 Å². The third-order valence-corrected chi connectivity index (χ3v) is 3.70. The Kier molecular flexibility index (Phi) is 9.78. The number of hydrogen-bond acceptors (Lipinski definition) is 6. The zero-order valence-corrected chi connectivity index (χ0v) is 15.3. The summed E-state index contributed by atoms with van der Waals surface area (Å²) in [5.41, 5.74) is 1.18. The molecule has 0 bridgehead atoms. The lowest BCUT2D eigenvalue weighted by atomic mass is 10.3. The largest absolute Gasteiger partial charge is 0.492 e. The van der Waals surface area contributed by atoms with Crippen LogP contribution in [0.15, 0.2) is 30.6 Å². The monoisotopic (exact) mass is 365 g/mol. The predicted molar refractivity (Wildman–Crippen MR) is 98.8 cm³/mol. The molecule has 0 aliphatic carbocycles. The smallest absolute Gasteiger partial charge is 0.328 e. The molecule has 26 heavy (non-hydrogen) atoms. The predicted octanol–water partition coefficient (Wildman–Crippen LogP) is 1.72. The van der Waals surface area contributed by atoms with Gasteiger partial charge in [0.05, 0.1) is 24.7 Å². The Labute approximate surface area is 153 Å². The quantitative estimate of drug-likeness (QED) is 0.556. The van der Waals surface area contributed by atoms with Crippen molar-refractivity contribution < 1.29 is 24.5 Å². The minimum Gasteiger partial charge on any atom is -0.492 e. The van der Waals surface area contributed by atoms with Crippen LogP contribution in [0.1, 0.15) is 19.8 Å². The van der Waals surface area contributed by atoms with E-state index in [1.54, 1.807) is 6.20 Å². The normalized spacial score (nSPS) is 14.6. The molecule has 2 rings (SSSR count). The number of carbonyl (C=O) groups is 2. The molecule has 0 spiro atoms. The minimum absolute atomic E-state index is 0.558. The summed E-state index contributed by atoms with van der Waals surface area (Å²) in [6.45, 7) is 7.31. The molecule has 1 saturated heterocycles. The standard InChI is InChI=1S/C14H23N3O.C4H4O4/c1-3-4-9-18-14-10-13(11-15-12-14)17-7-5-16(2)6-8-17;5-3(6)1-2-4(7)8/h10-12H,3-9H2,1-2H3;1-2H,(H,5,6)(H,7,8)/b;2-1+. The molecule has 2 N–H and O–H groups in total. The maximum Gasteiger partial charge on any atom is 0.328 e. The van der Waals surface area contributed by atoms with Gasteiger partial charge in [-0.2, -0.15) is 0 Å². The number of hydrogen-bond donors (Lipinski definition) is 2. The van der Waals surface area contributed by atoms with E-state index in [1.807, 2.05) is 6.20 Å². The molecule has 1 aromatic rings. The summed E-state index contributed by atoms with van der Waals surface area (Å²) in [7, 11) is 2.17. The van der Waals surface area contributed by atoms with Gasteiger partial charge in [0.15, 0.2) is 0 Å². The van der Waals surface area contributed by atoms with Gasteiger partial charge in [0.1, 0.15) is 5.75 Å². The second-order valence-corrected chi connectivity index (χ2v) is 5.88. The summed E-state index contributed by atoms with van der Waals surface area (Å²) in [4.78, 5) is 28.1. The van der Waals surface area contributed by atoms with Gasteiger partial charge in [0.2, 0.25) is 0 Å². The Morgan fingerprint density at radius 3 is 2.31 bits per heavy atom. The van der Waals surface area contributed by atoms with Gasteiger partial charge in [-0.15, -0.1) is 0 Å². The van der Waals surface area contributed by atoms with Crippen LogP contribution < -0.4 is 9.64 Å². The lowest BCUT2D eigenvalue weighted by molar-refractivity contribution is -0.134. The maximum absolute atomic E-state index is 9.55. The first-order chi connectivity index (χ1) is 12.4. The number of carboxylic acid groups (broad SMARTS) is 2. The average molecular weight is 365 g/mol. The number of aromatic nitrogens is 1. The van der Waals surface area contributed by atoms with Crippen LogP contribution in [0.5, 0.6) is 5.75 Å². The lowest BCUT2D eigenvalue weighted by Gasteiger charge is -2.33. The van der Waals surface area contributed by atoms with Crippen molar-refractivity contribution in [1.82, 2.24) is 9.88 Å². The number of aliphatic carboxylic acids is 2. The molecular weight excluding hydrogens is 338 g/mol. The number of pyridine rings is 1. The van der Waals surface area contributed by atoms with Crippen molar-refractivity contribution in [3.05, 3.63) is 30.6 Å². The Bertz CT molecular complexity index is 582. The third-order valence-electron chi connectivity index (χ3n) is 3.70. The molecule has 1 aliphatic rings. The number of anilines is 1. The van der Waals surface area contributed by atoms with Gasteiger partial charge in [-0.05, 0) is 13.5 Å². The summed E-state index contributed by atoms with van der Waals surface area (Å²) in [5, 5.41) is 15.6. The molecule has 8 heteroatoms. The molecule has 144 valence electrons. The Balaban J connectivity index is 0.000000359. The molecule has 0 aromatic carbocycles. The molecule has 0 saturated carbocycles. The van der Waals surface area contributed by atoms with Crippen molar-refractivity contribution in [1.29, 1.82) is 0 Å². The van der Waals surface area contributed by atoms with Crippen LogP contribution in [-0.2, 0) is 9.59 Å². The first kappa shape index (κ1) is 21.4. The van der Waals surface area contributed by atoms with Crippen LogP contribution in [0.4, 0.5) is 5.69 Å². The molecule has 1 aromatic heterocycles. The average Bonchev–Trinajstić information content (AvgIpc) is 2.62. The molecule has 0 amide bonds. The highest BCUT2D eigenvalue weighted by molar-refractivity contribution is 5.89. The van der Waals surface area contributed by atoms with E-state index in [1.165, 1.54) is 5.69 Å². The summed E-state index contributed by atoms with van der Waals surface area (Å²) in [6, 6.07) is 2.11. The van der Waals surface area contributed by atoms with Gasteiger partial charge in [0, 0.05) is 44.4 Å². The number of carboxylic acids is 2. The van der Waals surface area contributed by atoms with Gasteiger partial charge in [-0.1, -0.05) is 13.3 Å². The van der Waals surface area contributed by atoms with Gasteiger partial charge < -0.3 is 24.7 Å². The first-order valence-electron chi connectivity index (χ1n) is 8.57. The number of rotatable bonds is 7. The Morgan fingerprint density at radius 2 is 1.77 bits per heavy atom. The second kappa shape index (κ2) is 11.9. The topological polar surface area (TPSA) is 103 Å². The fourth-order valence-corrected chi connectivity index (χ4v) is 2.20. The molecule has 0 atom stereocenters. The number of unbranched alkanes of at least 4 members (excludes halogenated alkanes) is 1. The molecule has 0 unspecified atom stereocenters. The highest BCUT2D eigenvalue weighted by Gasteiger charge is 2.14. The number of likely N-dealkylation sites (N-methyl/N-ethyl adjacent to an activating group) is 1. The van der Waals surface area contributed by atoms with Crippen molar-refractivity contribution >= 4 is 17.6 Å². The zero-order valence-electron chi connectivity index (χ0n) is 15.3. The van der Waals surface area contributed by atoms with Crippen LogP contribution in [0.25, 0.3) is 0 Å². The molecule has 8 nitrogen and oxygen atoms in total. The molecule has 2 heterocycles. The fraction of sp³-hybridized carbons (Fsp3) is 0.500. The molecule has 1 fully saturated rings. The maximum atomic E-state index is 9.55. The fourth-order valence-electron chi connectivity index (χ4n) is 2.20. The van der Waals surface area contributed by atoms with Crippen LogP contribution >= 0.6 is 0 Å². The summed E-state index contributed by atoms with van der Waals surface area (Å²) in [5.74, 6) is -1.63. The Morgan fingerprint density at radius 1 is 1.15 bits per heavy atom. The molecular formula is C18H27N3O5. The van der Waals surface area contributed by atoms with Gasteiger partial charge >= 0.3 is 11.9 Å². The van der Waals surface area contributed by atoms with Crippen molar-refractivity contribution in [2.75, 3.05) is 44.7 Å². The van der Waals surface area contributed by atoms with Crippen molar-refractivity contribution in [2.45, 2.75) is 19.8 Å². The second-order valence-electron chi connectivity index (χ2n) is 5.88. The van der Waals surface area contributed by atoms with Gasteiger partial charge in [-0.3, -0.25) is 4.98 Å². The van der Waals surface area contributed by atoms with E-state index in [4.69, 9.17) is 14.9 Å². The van der Waals surface area contributed by atoms with Gasteiger partial charge in [0.25, 0.3) is 0 Å². The van der Waals surface area contributed by atoms with Crippen molar-refractivity contribution in [3.63, 3.8) is 0 Å². The van der Waals surface area contributed by atoms with Crippen molar-refractivity contribution in [2.24, 2.45) is 0 Å². The highest BCUT2D eigenvalue weighted by Crippen LogP contribution is 2.20. The SMILES string of the molecule is CCCCOc1cncc(N2CCN(C)CC2)c1.O=C(O)/C=C/C(=O)O. The summed E-state index contributed by atoms with van der Waals surface area (Å²) < 4.78 is 5.70. The van der Waals surface area contributed by atoms with E-state index in [2.05, 4.69) is 34.8 Å². The van der Waals surface area contributed by atoms with E-state index < -0.39 is 11.9 Å². The van der Waals surface area contributed by atoms with Gasteiger partial charge in [-0.25, -0.2) is 9.59 Å². The van der Waals surface area contributed by atoms with Crippen LogP contribution in [-0.4, -0.2) is 71.9 Å². The lowest BCUT2D eigenvalue weighted by Crippen LogP contribution is -2.44. The van der Waals surface area contributed by atoms with Crippen molar-refractivity contribution in [3.8, 4) is 5.75 Å². The van der Waals surface area contributed by atoms with Crippen LogP contribution in [0, 0.1) is 0 Å². The van der Waals surface area contributed by atoms with E-state index in [-0.39, 0.29) is 0 Å². The number of piperazine rings is 1. The Hall–Kier alpha value is -2.61. The summed E-state index contributed by atoms with van der Waals surface area (Å²) >= 11 is 0. The molecule has 0 radical (unpaired) electrons. The number of ether oxygens (including phenoxy) is 1. The van der Waals surface area contributed by atoms with E-state index in [0.717, 1.165) is 51.4 Å². The zero-order chi connectivity index (χ0) is 19.4. The van der Waals surface area contributed by atoms with Crippen LogP contribution in [0.2, 0.25) is 0 Å². The summed E-state index contributed by atoms with van der Waals surface area (Å²) in [6.07, 6.45) is 7.10. The first-order valence-corrected chi connectivity index (χ1v) is 8.57.